The Morgan fingerprint density at radius 3 is 3.06 bits per heavy atom. The molecule has 2 aromatic rings. The summed E-state index contributed by atoms with van der Waals surface area (Å²) in [5.41, 5.74) is 4.20. The molecule has 0 fully saturated rings. The van der Waals surface area contributed by atoms with E-state index in [2.05, 4.69) is 10.4 Å². The molecule has 84 valence electrons. The third-order valence-electron chi connectivity index (χ3n) is 2.51. The van der Waals surface area contributed by atoms with Gasteiger partial charge in [-0.1, -0.05) is 11.6 Å². The Kier molecular flexibility index (Phi) is 3.12. The molecule has 4 nitrogen and oxygen atoms in total. The van der Waals surface area contributed by atoms with Crippen molar-refractivity contribution in [3.63, 3.8) is 0 Å². The molecule has 0 aliphatic rings. The summed E-state index contributed by atoms with van der Waals surface area (Å²) in [7, 11) is 0. The van der Waals surface area contributed by atoms with Crippen LogP contribution in [0.2, 0.25) is 5.02 Å². The van der Waals surface area contributed by atoms with Gasteiger partial charge in [0, 0.05) is 28.5 Å². The number of hydrogen-bond acceptors (Lipinski definition) is 2. The van der Waals surface area contributed by atoms with Crippen LogP contribution in [0.4, 0.5) is 0 Å². The zero-order chi connectivity index (χ0) is 11.5. The van der Waals surface area contributed by atoms with E-state index in [0.717, 1.165) is 16.5 Å². The van der Waals surface area contributed by atoms with Crippen LogP contribution >= 0.6 is 11.6 Å². The molecule has 5 heteroatoms. The van der Waals surface area contributed by atoms with E-state index in [1.807, 2.05) is 24.4 Å². The van der Waals surface area contributed by atoms with Gasteiger partial charge in [-0.15, -0.1) is 0 Å². The average molecular weight is 238 g/mol. The van der Waals surface area contributed by atoms with E-state index in [0.29, 0.717) is 17.9 Å². The van der Waals surface area contributed by atoms with Crippen molar-refractivity contribution in [2.24, 2.45) is 5.84 Å². The molecule has 0 aliphatic carbocycles. The lowest BCUT2D eigenvalue weighted by atomic mass is 10.1. The zero-order valence-corrected chi connectivity index (χ0v) is 9.34. The van der Waals surface area contributed by atoms with E-state index in [-0.39, 0.29) is 5.91 Å². The highest BCUT2D eigenvalue weighted by Gasteiger charge is 2.06. The first-order valence-electron chi connectivity index (χ1n) is 4.95. The van der Waals surface area contributed by atoms with Crippen LogP contribution in [-0.2, 0) is 11.2 Å². The fourth-order valence-electron chi connectivity index (χ4n) is 1.68. The normalized spacial score (nSPS) is 10.6. The number of aryl methyl sites for hydroxylation is 1. The molecule has 0 spiro atoms. The van der Waals surface area contributed by atoms with Crippen LogP contribution in [0, 0.1) is 0 Å². The number of nitrogens with one attached hydrogen (secondary N) is 2. The van der Waals surface area contributed by atoms with Crippen molar-refractivity contribution in [2.75, 3.05) is 0 Å². The monoisotopic (exact) mass is 237 g/mol. The van der Waals surface area contributed by atoms with Gasteiger partial charge in [0.25, 0.3) is 0 Å². The molecule has 0 radical (unpaired) electrons. The number of H-pyrrole nitrogens is 1. The first-order chi connectivity index (χ1) is 7.70. The maximum atomic E-state index is 11.0. The van der Waals surface area contributed by atoms with Crippen LogP contribution in [0.5, 0.6) is 0 Å². The summed E-state index contributed by atoms with van der Waals surface area (Å²) < 4.78 is 0. The Bertz CT molecular complexity index is 521. The second kappa shape index (κ2) is 4.55. The van der Waals surface area contributed by atoms with Gasteiger partial charge in [-0.3, -0.25) is 10.2 Å². The van der Waals surface area contributed by atoms with Crippen LogP contribution in [0.3, 0.4) is 0 Å². The molecule has 1 aromatic heterocycles. The van der Waals surface area contributed by atoms with E-state index in [9.17, 15) is 4.79 Å². The van der Waals surface area contributed by atoms with Gasteiger partial charge < -0.3 is 4.98 Å². The number of halogens is 1. The summed E-state index contributed by atoms with van der Waals surface area (Å²) in [6.45, 7) is 0. The van der Waals surface area contributed by atoms with Gasteiger partial charge in [0.1, 0.15) is 0 Å². The minimum Gasteiger partial charge on any atom is -0.361 e. The first-order valence-corrected chi connectivity index (χ1v) is 5.33. The number of carbonyl (C=O) groups is 1. The number of rotatable bonds is 3. The number of aromatic nitrogens is 1. The molecular formula is C11H12ClN3O. The summed E-state index contributed by atoms with van der Waals surface area (Å²) in [6.07, 6.45) is 2.91. The van der Waals surface area contributed by atoms with Gasteiger partial charge in [-0.2, -0.15) is 0 Å². The van der Waals surface area contributed by atoms with Gasteiger partial charge in [-0.05, 0) is 30.2 Å². The highest BCUT2D eigenvalue weighted by molar-refractivity contribution is 6.31. The molecule has 16 heavy (non-hydrogen) atoms. The quantitative estimate of drug-likeness (QED) is 0.432. The Morgan fingerprint density at radius 2 is 2.31 bits per heavy atom. The van der Waals surface area contributed by atoms with Gasteiger partial charge >= 0.3 is 0 Å². The van der Waals surface area contributed by atoms with Crippen LogP contribution in [0.15, 0.2) is 24.4 Å². The highest BCUT2D eigenvalue weighted by atomic mass is 35.5. The number of fused-ring (bicyclic) bond motifs is 1. The summed E-state index contributed by atoms with van der Waals surface area (Å²) in [5, 5.41) is 1.74. The minimum absolute atomic E-state index is 0.170. The molecule has 0 unspecified atom stereocenters. The summed E-state index contributed by atoms with van der Waals surface area (Å²) >= 11 is 5.92. The number of aromatic amines is 1. The third-order valence-corrected chi connectivity index (χ3v) is 2.75. The molecule has 0 saturated carbocycles. The Labute approximate surface area is 97.7 Å². The van der Waals surface area contributed by atoms with E-state index in [1.165, 1.54) is 0 Å². The maximum Gasteiger partial charge on any atom is 0.234 e. The van der Waals surface area contributed by atoms with E-state index in [4.69, 9.17) is 17.4 Å². The lowest BCUT2D eigenvalue weighted by Gasteiger charge is -1.99. The number of nitrogens with two attached hydrogens (primary N) is 1. The van der Waals surface area contributed by atoms with Crippen molar-refractivity contribution in [3.8, 4) is 0 Å². The maximum absolute atomic E-state index is 11.0. The molecule has 0 saturated heterocycles. The van der Waals surface area contributed by atoms with Crippen molar-refractivity contribution in [1.82, 2.24) is 10.4 Å². The summed E-state index contributed by atoms with van der Waals surface area (Å²) in [6, 6.07) is 5.64. The van der Waals surface area contributed by atoms with E-state index < -0.39 is 0 Å². The third kappa shape index (κ3) is 2.18. The molecule has 2 rings (SSSR count). The van der Waals surface area contributed by atoms with Crippen molar-refractivity contribution in [2.45, 2.75) is 12.8 Å². The summed E-state index contributed by atoms with van der Waals surface area (Å²) in [5.74, 6) is 4.85. The number of benzene rings is 1. The molecule has 0 atom stereocenters. The molecule has 4 N–H and O–H groups in total. The van der Waals surface area contributed by atoms with E-state index in [1.54, 1.807) is 0 Å². The molecule has 0 bridgehead atoms. The van der Waals surface area contributed by atoms with Crippen molar-refractivity contribution in [1.29, 1.82) is 0 Å². The Hall–Kier alpha value is -1.52. The predicted octanol–water partition coefficient (Wildman–Crippen LogP) is 1.74. The van der Waals surface area contributed by atoms with Gasteiger partial charge in [-0.25, -0.2) is 5.84 Å². The second-order valence-corrected chi connectivity index (χ2v) is 4.01. The second-order valence-electron chi connectivity index (χ2n) is 3.57. The SMILES string of the molecule is NNC(=O)CCc1c[nH]c2ccc(Cl)cc12. The Balaban J connectivity index is 2.24. The molecular weight excluding hydrogens is 226 g/mol. The smallest absolute Gasteiger partial charge is 0.234 e. The lowest BCUT2D eigenvalue weighted by Crippen LogP contribution is -2.30. The van der Waals surface area contributed by atoms with Crippen molar-refractivity contribution < 1.29 is 4.79 Å². The van der Waals surface area contributed by atoms with Gasteiger partial charge in [0.05, 0.1) is 0 Å². The lowest BCUT2D eigenvalue weighted by molar-refractivity contribution is -0.121. The summed E-state index contributed by atoms with van der Waals surface area (Å²) in [4.78, 5) is 14.2. The van der Waals surface area contributed by atoms with Crippen LogP contribution < -0.4 is 11.3 Å². The minimum atomic E-state index is -0.170. The van der Waals surface area contributed by atoms with Gasteiger partial charge in [0.2, 0.25) is 5.91 Å². The van der Waals surface area contributed by atoms with Gasteiger partial charge in [0.15, 0.2) is 0 Å². The fraction of sp³-hybridized carbons (Fsp3) is 0.182. The zero-order valence-electron chi connectivity index (χ0n) is 8.59. The van der Waals surface area contributed by atoms with Crippen LogP contribution in [0.25, 0.3) is 10.9 Å². The number of amides is 1. The average Bonchev–Trinajstić information content (AvgIpc) is 2.68. The van der Waals surface area contributed by atoms with Crippen molar-refractivity contribution in [3.05, 3.63) is 35.0 Å². The molecule has 0 aliphatic heterocycles. The topological polar surface area (TPSA) is 70.9 Å². The molecule has 1 heterocycles. The highest BCUT2D eigenvalue weighted by Crippen LogP contribution is 2.23. The number of hydrogen-bond donors (Lipinski definition) is 3. The Morgan fingerprint density at radius 1 is 1.50 bits per heavy atom. The number of hydrazine groups is 1. The van der Waals surface area contributed by atoms with E-state index >= 15 is 0 Å². The van der Waals surface area contributed by atoms with Crippen LogP contribution in [-0.4, -0.2) is 10.9 Å². The molecule has 1 aromatic carbocycles. The number of carbonyl (C=O) groups excluding carboxylic acids is 1. The predicted molar refractivity (Wildman–Crippen MR) is 64.0 cm³/mol. The van der Waals surface area contributed by atoms with Crippen LogP contribution in [0.1, 0.15) is 12.0 Å². The fourth-order valence-corrected chi connectivity index (χ4v) is 1.85. The van der Waals surface area contributed by atoms with Crippen molar-refractivity contribution >= 4 is 28.4 Å². The molecule has 1 amide bonds. The first kappa shape index (κ1) is 11.0. The largest absolute Gasteiger partial charge is 0.361 e. The standard InChI is InChI=1S/C11H12ClN3O/c12-8-2-3-10-9(5-8)7(6-14-10)1-4-11(16)15-13/h2-3,5-6,14H,1,4,13H2,(H,15,16).